The number of aromatic nitrogens is 1. The fourth-order valence-electron chi connectivity index (χ4n) is 3.88. The average Bonchev–Trinajstić information content (AvgIpc) is 3.18. The quantitative estimate of drug-likeness (QED) is 0.557. The number of nitrogens with zero attached hydrogens (tertiary/aromatic N) is 1. The van der Waals surface area contributed by atoms with E-state index >= 15 is 0 Å². The maximum absolute atomic E-state index is 12.7. The molecule has 7 heteroatoms. The maximum atomic E-state index is 12.7. The highest BCUT2D eigenvalue weighted by molar-refractivity contribution is 6.34. The molecule has 1 aliphatic heterocycles. The summed E-state index contributed by atoms with van der Waals surface area (Å²) >= 11 is 6.10. The number of carbonyl (C=O) groups excluding carboxylic acids is 2. The second-order valence-corrected chi connectivity index (χ2v) is 7.91. The molecule has 3 rings (SSSR count). The summed E-state index contributed by atoms with van der Waals surface area (Å²) in [5, 5.41) is 6.47. The Morgan fingerprint density at radius 2 is 1.97 bits per heavy atom. The van der Waals surface area contributed by atoms with E-state index in [-0.39, 0.29) is 11.8 Å². The molecular formula is C23H29ClN4O2. The van der Waals surface area contributed by atoms with Crippen molar-refractivity contribution >= 4 is 34.7 Å². The summed E-state index contributed by atoms with van der Waals surface area (Å²) in [5.41, 5.74) is 5.53. The van der Waals surface area contributed by atoms with Crippen molar-refractivity contribution < 1.29 is 9.59 Å². The Kier molecular flexibility index (Phi) is 7.00. The smallest absolute Gasteiger partial charge is 0.256 e. The number of rotatable bonds is 8. The number of hydrogen-bond donors (Lipinski definition) is 3. The molecule has 0 fully saturated rings. The van der Waals surface area contributed by atoms with Crippen LogP contribution in [0.3, 0.4) is 0 Å². The molecule has 0 atom stereocenters. The number of hydrogen-bond acceptors (Lipinski definition) is 3. The van der Waals surface area contributed by atoms with Crippen LogP contribution in [0, 0.1) is 13.8 Å². The molecule has 2 amide bonds. The van der Waals surface area contributed by atoms with Crippen molar-refractivity contribution in [3.8, 4) is 0 Å². The fourth-order valence-corrected chi connectivity index (χ4v) is 4.05. The molecular weight excluding hydrogens is 400 g/mol. The van der Waals surface area contributed by atoms with Gasteiger partial charge in [-0.3, -0.25) is 9.59 Å². The van der Waals surface area contributed by atoms with Crippen LogP contribution in [0.15, 0.2) is 24.3 Å². The first-order valence-electron chi connectivity index (χ1n) is 10.4. The number of carbonyl (C=O) groups is 2. The lowest BCUT2D eigenvalue weighted by Crippen LogP contribution is -2.35. The zero-order valence-corrected chi connectivity index (χ0v) is 18.7. The molecule has 1 aromatic heterocycles. The number of likely N-dealkylation sites (N-methyl/N-ethyl adjacent to an activating group) is 1. The maximum Gasteiger partial charge on any atom is 0.256 e. The van der Waals surface area contributed by atoms with Gasteiger partial charge < -0.3 is 20.5 Å². The normalized spacial score (nSPS) is 14.3. The molecule has 0 saturated heterocycles. The van der Waals surface area contributed by atoms with E-state index in [1.165, 1.54) is 0 Å². The van der Waals surface area contributed by atoms with Gasteiger partial charge in [-0.1, -0.05) is 31.5 Å². The zero-order chi connectivity index (χ0) is 21.8. The topological polar surface area (TPSA) is 77.2 Å². The summed E-state index contributed by atoms with van der Waals surface area (Å²) in [5.74, 6) is -0.203. The van der Waals surface area contributed by atoms with Crippen molar-refractivity contribution in [3.63, 3.8) is 0 Å². The summed E-state index contributed by atoms with van der Waals surface area (Å²) in [6.07, 6.45) is 2.41. The lowest BCUT2D eigenvalue weighted by atomic mass is 10.0. The van der Waals surface area contributed by atoms with Gasteiger partial charge in [0.1, 0.15) is 0 Å². The molecule has 6 nitrogen and oxygen atoms in total. The zero-order valence-electron chi connectivity index (χ0n) is 18.0. The number of halogens is 1. The van der Waals surface area contributed by atoms with Crippen molar-refractivity contribution in [1.29, 1.82) is 0 Å². The SMILES string of the molecule is CCN(CC)CCNC(=O)c1c(C)[nH]c(CC=C2C(=O)Nc3ccc(Cl)cc32)c1C. The van der Waals surface area contributed by atoms with Crippen LogP contribution in [0.1, 0.15) is 46.7 Å². The summed E-state index contributed by atoms with van der Waals surface area (Å²) in [7, 11) is 0. The minimum Gasteiger partial charge on any atom is -0.361 e. The first-order chi connectivity index (χ1) is 14.3. The van der Waals surface area contributed by atoms with Gasteiger partial charge >= 0.3 is 0 Å². The number of allylic oxidation sites excluding steroid dienone is 1. The van der Waals surface area contributed by atoms with Crippen molar-refractivity contribution in [3.05, 3.63) is 57.4 Å². The van der Waals surface area contributed by atoms with Crippen LogP contribution in [0.25, 0.3) is 5.57 Å². The van der Waals surface area contributed by atoms with Crippen molar-refractivity contribution in [2.45, 2.75) is 34.1 Å². The minimum atomic E-state index is -0.137. The average molecular weight is 429 g/mol. The monoisotopic (exact) mass is 428 g/mol. The van der Waals surface area contributed by atoms with Gasteiger partial charge in [-0.25, -0.2) is 0 Å². The molecule has 1 aromatic carbocycles. The molecule has 160 valence electrons. The third kappa shape index (κ3) is 4.60. The van der Waals surface area contributed by atoms with Gasteiger partial charge in [0.2, 0.25) is 0 Å². The van der Waals surface area contributed by atoms with Gasteiger partial charge in [-0.05, 0) is 50.7 Å². The van der Waals surface area contributed by atoms with E-state index in [1.54, 1.807) is 18.2 Å². The van der Waals surface area contributed by atoms with E-state index in [9.17, 15) is 9.59 Å². The Morgan fingerprint density at radius 3 is 2.67 bits per heavy atom. The van der Waals surface area contributed by atoms with Crippen LogP contribution in [-0.4, -0.2) is 47.9 Å². The molecule has 0 unspecified atom stereocenters. The third-order valence-electron chi connectivity index (χ3n) is 5.65. The van der Waals surface area contributed by atoms with Crippen LogP contribution in [0.2, 0.25) is 5.02 Å². The van der Waals surface area contributed by atoms with Crippen molar-refractivity contribution in [2.24, 2.45) is 0 Å². The molecule has 0 spiro atoms. The fraction of sp³-hybridized carbons (Fsp3) is 0.391. The molecule has 2 aromatic rings. The highest BCUT2D eigenvalue weighted by atomic mass is 35.5. The van der Waals surface area contributed by atoms with Crippen molar-refractivity contribution in [1.82, 2.24) is 15.2 Å². The Labute approximate surface area is 182 Å². The van der Waals surface area contributed by atoms with Gasteiger partial charge in [0.25, 0.3) is 11.8 Å². The second kappa shape index (κ2) is 9.49. The van der Waals surface area contributed by atoms with Gasteiger partial charge in [-0.15, -0.1) is 0 Å². The number of nitrogens with one attached hydrogen (secondary N) is 3. The molecule has 3 N–H and O–H groups in total. The van der Waals surface area contributed by atoms with Gasteiger partial charge in [0.15, 0.2) is 0 Å². The third-order valence-corrected chi connectivity index (χ3v) is 5.89. The Bertz CT molecular complexity index is 989. The first-order valence-corrected chi connectivity index (χ1v) is 10.7. The van der Waals surface area contributed by atoms with Crippen LogP contribution in [0.5, 0.6) is 0 Å². The van der Waals surface area contributed by atoms with Gasteiger partial charge in [0.05, 0.1) is 5.56 Å². The summed E-state index contributed by atoms with van der Waals surface area (Å²) in [6, 6.07) is 5.36. The number of anilines is 1. The largest absolute Gasteiger partial charge is 0.361 e. The lowest BCUT2D eigenvalue weighted by molar-refractivity contribution is -0.110. The van der Waals surface area contributed by atoms with E-state index in [0.717, 1.165) is 47.8 Å². The Balaban J connectivity index is 1.74. The minimum absolute atomic E-state index is 0.0666. The van der Waals surface area contributed by atoms with Crippen LogP contribution < -0.4 is 10.6 Å². The first kappa shape index (κ1) is 22.1. The standard InChI is InChI=1S/C23H29ClN4O2/c1-5-28(6-2)12-11-25-23(30)21-14(3)19(26-15(21)4)10-8-17-18-13-16(24)7-9-20(18)27-22(17)29/h7-9,13,26H,5-6,10-12H2,1-4H3,(H,25,30)(H,27,29). The van der Waals surface area contributed by atoms with E-state index in [2.05, 4.69) is 34.4 Å². The number of benzene rings is 1. The Morgan fingerprint density at radius 1 is 1.23 bits per heavy atom. The van der Waals surface area contributed by atoms with E-state index in [1.807, 2.05) is 19.9 Å². The highest BCUT2D eigenvalue weighted by Crippen LogP contribution is 2.34. The number of amides is 2. The molecule has 1 aliphatic rings. The Hall–Kier alpha value is -2.57. The summed E-state index contributed by atoms with van der Waals surface area (Å²) in [4.78, 5) is 30.7. The molecule has 0 saturated carbocycles. The molecule has 0 aliphatic carbocycles. The number of aromatic amines is 1. The predicted molar refractivity (Wildman–Crippen MR) is 122 cm³/mol. The predicted octanol–water partition coefficient (Wildman–Crippen LogP) is 3.93. The van der Waals surface area contributed by atoms with E-state index < -0.39 is 0 Å². The number of H-pyrrole nitrogens is 1. The number of aryl methyl sites for hydroxylation is 1. The lowest BCUT2D eigenvalue weighted by Gasteiger charge is -2.18. The van der Waals surface area contributed by atoms with E-state index in [4.69, 9.17) is 11.6 Å². The molecule has 0 radical (unpaired) electrons. The van der Waals surface area contributed by atoms with Crippen LogP contribution >= 0.6 is 11.6 Å². The van der Waals surface area contributed by atoms with Crippen LogP contribution in [-0.2, 0) is 11.2 Å². The highest BCUT2D eigenvalue weighted by Gasteiger charge is 2.24. The summed E-state index contributed by atoms with van der Waals surface area (Å²) < 4.78 is 0. The molecule has 2 heterocycles. The number of fused-ring (bicyclic) bond motifs is 1. The van der Waals surface area contributed by atoms with Gasteiger partial charge in [0, 0.05) is 52.7 Å². The second-order valence-electron chi connectivity index (χ2n) is 7.48. The van der Waals surface area contributed by atoms with Crippen LogP contribution in [0.4, 0.5) is 5.69 Å². The van der Waals surface area contributed by atoms with E-state index in [0.29, 0.717) is 29.1 Å². The molecule has 0 bridgehead atoms. The molecule has 30 heavy (non-hydrogen) atoms. The summed E-state index contributed by atoms with van der Waals surface area (Å²) in [6.45, 7) is 11.5. The van der Waals surface area contributed by atoms with Gasteiger partial charge in [-0.2, -0.15) is 0 Å². The van der Waals surface area contributed by atoms with Crippen molar-refractivity contribution in [2.75, 3.05) is 31.5 Å².